The Balaban J connectivity index is 2.06. The van der Waals surface area contributed by atoms with Gasteiger partial charge < -0.3 is 29.5 Å². The second-order valence-electron chi connectivity index (χ2n) is 5.91. The Labute approximate surface area is 148 Å². The van der Waals surface area contributed by atoms with Crippen LogP contribution in [0.5, 0.6) is 5.75 Å². The van der Waals surface area contributed by atoms with Gasteiger partial charge in [0.15, 0.2) is 18.0 Å². The summed E-state index contributed by atoms with van der Waals surface area (Å²) in [6, 6.07) is 10.5. The van der Waals surface area contributed by atoms with Crippen LogP contribution in [0.1, 0.15) is 12.0 Å². The van der Waals surface area contributed by atoms with Gasteiger partial charge in [-0.15, -0.1) is 0 Å². The standard InChI is InChI=1S/C18H18O8/c1-24-13-5-3-10-8-12(4-2-11(10)9-13)18(6-7-19)25-14(16(20)21)15(26-18)17(22)23/h2-5,8-9,14-15,19H,6-7H2,1H3,(H,20,21)(H,22,23)/t14-,15-/m1/s1. The van der Waals surface area contributed by atoms with E-state index in [0.717, 1.165) is 10.8 Å². The van der Waals surface area contributed by atoms with E-state index in [1.807, 2.05) is 12.1 Å². The zero-order valence-electron chi connectivity index (χ0n) is 13.9. The second-order valence-corrected chi connectivity index (χ2v) is 5.91. The van der Waals surface area contributed by atoms with Gasteiger partial charge in [0.25, 0.3) is 0 Å². The highest BCUT2D eigenvalue weighted by molar-refractivity contribution is 5.86. The lowest BCUT2D eigenvalue weighted by Gasteiger charge is -2.28. The molecule has 0 aromatic heterocycles. The van der Waals surface area contributed by atoms with Gasteiger partial charge in [-0.05, 0) is 29.0 Å². The minimum absolute atomic E-state index is 0.109. The van der Waals surface area contributed by atoms with Gasteiger partial charge in [-0.25, -0.2) is 9.59 Å². The maximum absolute atomic E-state index is 11.4. The predicted octanol–water partition coefficient (Wildman–Crippen LogP) is 1.34. The molecule has 0 aliphatic carbocycles. The maximum Gasteiger partial charge on any atom is 0.336 e. The van der Waals surface area contributed by atoms with Crippen LogP contribution in [0.3, 0.4) is 0 Å². The smallest absolute Gasteiger partial charge is 0.336 e. The third-order valence-corrected chi connectivity index (χ3v) is 4.32. The molecule has 1 fully saturated rings. The Morgan fingerprint density at radius 1 is 1.04 bits per heavy atom. The molecule has 8 nitrogen and oxygen atoms in total. The van der Waals surface area contributed by atoms with Crippen molar-refractivity contribution in [3.05, 3.63) is 42.0 Å². The van der Waals surface area contributed by atoms with Crippen LogP contribution in [-0.2, 0) is 24.8 Å². The largest absolute Gasteiger partial charge is 0.497 e. The topological polar surface area (TPSA) is 123 Å². The van der Waals surface area contributed by atoms with E-state index >= 15 is 0 Å². The minimum Gasteiger partial charge on any atom is -0.497 e. The molecular formula is C18H18O8. The molecule has 2 atom stereocenters. The molecule has 1 aliphatic heterocycles. The number of aliphatic hydroxyl groups excluding tert-OH is 1. The van der Waals surface area contributed by atoms with Crippen LogP contribution in [0, 0.1) is 0 Å². The molecule has 0 spiro atoms. The van der Waals surface area contributed by atoms with E-state index in [1.54, 1.807) is 31.4 Å². The van der Waals surface area contributed by atoms with Gasteiger partial charge in [0.1, 0.15) is 5.75 Å². The van der Waals surface area contributed by atoms with Crippen molar-refractivity contribution < 1.29 is 39.1 Å². The number of benzene rings is 2. The van der Waals surface area contributed by atoms with E-state index in [0.29, 0.717) is 11.3 Å². The lowest BCUT2D eigenvalue weighted by Crippen LogP contribution is -2.36. The van der Waals surface area contributed by atoms with Crippen LogP contribution < -0.4 is 4.74 Å². The number of carboxylic acid groups (broad SMARTS) is 2. The summed E-state index contributed by atoms with van der Waals surface area (Å²) < 4.78 is 16.2. The number of carboxylic acids is 2. The molecule has 0 bridgehead atoms. The summed E-state index contributed by atoms with van der Waals surface area (Å²) in [7, 11) is 1.56. The lowest BCUT2D eigenvalue weighted by molar-refractivity contribution is -0.201. The Morgan fingerprint density at radius 3 is 2.15 bits per heavy atom. The second kappa shape index (κ2) is 6.91. The van der Waals surface area contributed by atoms with E-state index < -0.39 is 29.9 Å². The predicted molar refractivity (Wildman–Crippen MR) is 88.9 cm³/mol. The quantitative estimate of drug-likeness (QED) is 0.703. The molecule has 3 N–H and O–H groups in total. The van der Waals surface area contributed by atoms with E-state index in [9.17, 15) is 24.9 Å². The number of hydrogen-bond donors (Lipinski definition) is 3. The Hall–Kier alpha value is -2.68. The molecule has 138 valence electrons. The number of hydrogen-bond acceptors (Lipinski definition) is 6. The van der Waals surface area contributed by atoms with Crippen LogP contribution in [0.25, 0.3) is 10.8 Å². The SMILES string of the molecule is COc1ccc2cc(C3(CCO)O[C@@H](C(=O)O)[C@H](C(=O)O)O3)ccc2c1. The average Bonchev–Trinajstić information content (AvgIpc) is 3.02. The van der Waals surface area contributed by atoms with Gasteiger partial charge in [-0.1, -0.05) is 18.2 Å². The fourth-order valence-electron chi connectivity index (χ4n) is 3.05. The zero-order valence-corrected chi connectivity index (χ0v) is 13.9. The average molecular weight is 362 g/mol. The molecule has 1 aliphatic rings. The van der Waals surface area contributed by atoms with Gasteiger partial charge in [0.05, 0.1) is 7.11 Å². The van der Waals surface area contributed by atoms with Crippen molar-refractivity contribution in [2.75, 3.05) is 13.7 Å². The van der Waals surface area contributed by atoms with Crippen LogP contribution in [0.4, 0.5) is 0 Å². The van der Waals surface area contributed by atoms with Crippen molar-refractivity contribution in [2.45, 2.75) is 24.4 Å². The Kier molecular flexibility index (Phi) is 4.82. The highest BCUT2D eigenvalue weighted by atomic mass is 16.8. The normalized spacial score (nSPS) is 21.6. The van der Waals surface area contributed by atoms with E-state index in [1.165, 1.54) is 0 Å². The zero-order chi connectivity index (χ0) is 18.9. The first kappa shape index (κ1) is 18.1. The Bertz CT molecular complexity index is 824. The molecule has 0 saturated carbocycles. The number of aliphatic carboxylic acids is 2. The summed E-state index contributed by atoms with van der Waals surface area (Å²) in [6.07, 6.45) is -3.46. The molecule has 8 heteroatoms. The van der Waals surface area contributed by atoms with Crippen molar-refractivity contribution in [3.8, 4) is 5.75 Å². The maximum atomic E-state index is 11.4. The van der Waals surface area contributed by atoms with Crippen molar-refractivity contribution in [1.82, 2.24) is 0 Å². The number of fused-ring (bicyclic) bond motifs is 1. The van der Waals surface area contributed by atoms with Gasteiger partial charge in [0.2, 0.25) is 0 Å². The molecule has 0 amide bonds. The summed E-state index contributed by atoms with van der Waals surface area (Å²) in [5.41, 5.74) is 0.430. The lowest BCUT2D eigenvalue weighted by atomic mass is 9.98. The first-order chi connectivity index (χ1) is 12.4. The fourth-order valence-corrected chi connectivity index (χ4v) is 3.05. The highest BCUT2D eigenvalue weighted by Gasteiger charge is 2.54. The van der Waals surface area contributed by atoms with Crippen molar-refractivity contribution in [3.63, 3.8) is 0 Å². The molecule has 0 unspecified atom stereocenters. The molecule has 1 saturated heterocycles. The summed E-state index contributed by atoms with van der Waals surface area (Å²) in [6.45, 7) is -0.376. The summed E-state index contributed by atoms with van der Waals surface area (Å²) in [5, 5.41) is 29.6. The Morgan fingerprint density at radius 2 is 1.62 bits per heavy atom. The van der Waals surface area contributed by atoms with Gasteiger partial charge in [0, 0.05) is 18.6 Å². The van der Waals surface area contributed by atoms with E-state index in [2.05, 4.69) is 0 Å². The number of carbonyl (C=O) groups is 2. The van der Waals surface area contributed by atoms with Crippen LogP contribution in [0.2, 0.25) is 0 Å². The van der Waals surface area contributed by atoms with Gasteiger partial charge in [-0.2, -0.15) is 0 Å². The molecule has 26 heavy (non-hydrogen) atoms. The van der Waals surface area contributed by atoms with Crippen LogP contribution >= 0.6 is 0 Å². The van der Waals surface area contributed by atoms with Crippen LogP contribution in [-0.4, -0.2) is 53.2 Å². The number of aliphatic hydroxyl groups is 1. The van der Waals surface area contributed by atoms with E-state index in [-0.39, 0.29) is 13.0 Å². The first-order valence-electron chi connectivity index (χ1n) is 7.90. The summed E-state index contributed by atoms with van der Waals surface area (Å²) in [5.74, 6) is -3.86. The number of methoxy groups -OCH3 is 1. The molecule has 0 radical (unpaired) electrons. The summed E-state index contributed by atoms with van der Waals surface area (Å²) >= 11 is 0. The monoisotopic (exact) mass is 362 g/mol. The third kappa shape index (κ3) is 3.10. The van der Waals surface area contributed by atoms with Gasteiger partial charge in [-0.3, -0.25) is 0 Å². The molecular weight excluding hydrogens is 344 g/mol. The summed E-state index contributed by atoms with van der Waals surface area (Å²) in [4.78, 5) is 22.8. The first-order valence-corrected chi connectivity index (χ1v) is 7.90. The molecule has 2 aromatic carbocycles. The minimum atomic E-state index is -1.68. The van der Waals surface area contributed by atoms with Crippen molar-refractivity contribution in [2.24, 2.45) is 0 Å². The highest BCUT2D eigenvalue weighted by Crippen LogP contribution is 2.41. The fraction of sp³-hybridized carbons (Fsp3) is 0.333. The number of ether oxygens (including phenoxy) is 3. The van der Waals surface area contributed by atoms with Crippen molar-refractivity contribution in [1.29, 1.82) is 0 Å². The molecule has 2 aromatic rings. The van der Waals surface area contributed by atoms with Crippen LogP contribution in [0.15, 0.2) is 36.4 Å². The molecule has 1 heterocycles. The molecule has 3 rings (SSSR count). The third-order valence-electron chi connectivity index (χ3n) is 4.32. The van der Waals surface area contributed by atoms with Crippen molar-refractivity contribution >= 4 is 22.7 Å². The van der Waals surface area contributed by atoms with Gasteiger partial charge >= 0.3 is 11.9 Å². The number of rotatable bonds is 6. The van der Waals surface area contributed by atoms with E-state index in [4.69, 9.17) is 14.2 Å².